The third-order valence-electron chi connectivity index (χ3n) is 2.72. The van der Waals surface area contributed by atoms with E-state index < -0.39 is 9.84 Å². The molecule has 0 bridgehead atoms. The first-order chi connectivity index (χ1) is 7.43. The average Bonchev–Trinajstić information content (AvgIpc) is 2.15. The molecule has 1 N–H and O–H groups in total. The summed E-state index contributed by atoms with van der Waals surface area (Å²) in [5.41, 5.74) is 0.906. The molecular weight excluding hydrogens is 226 g/mol. The molecule has 1 aliphatic heterocycles. The van der Waals surface area contributed by atoms with Crippen LogP contribution in [0.3, 0.4) is 0 Å². The lowest BCUT2D eigenvalue weighted by molar-refractivity contribution is -0.118. The van der Waals surface area contributed by atoms with E-state index in [4.69, 9.17) is 0 Å². The van der Waals surface area contributed by atoms with Gasteiger partial charge >= 0.3 is 0 Å². The van der Waals surface area contributed by atoms with E-state index in [9.17, 15) is 13.2 Å². The Morgan fingerprint density at radius 2 is 2.19 bits per heavy atom. The Morgan fingerprint density at radius 3 is 2.75 bits per heavy atom. The second kappa shape index (κ2) is 5.59. The molecule has 0 amide bonds. The van der Waals surface area contributed by atoms with Gasteiger partial charge in [0.25, 0.3) is 0 Å². The summed E-state index contributed by atoms with van der Waals surface area (Å²) in [5, 5.41) is 3.07. The molecule has 0 aromatic carbocycles. The Balaban J connectivity index is 2.42. The van der Waals surface area contributed by atoms with E-state index >= 15 is 0 Å². The normalized spacial score (nSPS) is 23.9. The number of hydrogen-bond donors (Lipinski definition) is 1. The summed E-state index contributed by atoms with van der Waals surface area (Å²) in [5.74, 6) is 0.331. The number of ketones is 1. The predicted molar refractivity (Wildman–Crippen MR) is 64.1 cm³/mol. The van der Waals surface area contributed by atoms with Crippen LogP contribution in [-0.2, 0) is 14.6 Å². The molecule has 1 heterocycles. The molecular formula is C11H19NO3S. The van der Waals surface area contributed by atoms with Crippen LogP contribution in [0.25, 0.3) is 0 Å². The summed E-state index contributed by atoms with van der Waals surface area (Å²) < 4.78 is 22.7. The molecule has 1 unspecified atom stereocenters. The topological polar surface area (TPSA) is 63.2 Å². The van der Waals surface area contributed by atoms with Gasteiger partial charge in [-0.3, -0.25) is 4.79 Å². The lowest BCUT2D eigenvalue weighted by atomic mass is 10.0. The van der Waals surface area contributed by atoms with E-state index in [1.165, 1.54) is 0 Å². The van der Waals surface area contributed by atoms with Crippen molar-refractivity contribution >= 4 is 15.6 Å². The molecule has 0 aliphatic carbocycles. The number of sulfone groups is 1. The fourth-order valence-corrected chi connectivity index (χ4v) is 3.19. The zero-order valence-electron chi connectivity index (χ0n) is 9.66. The van der Waals surface area contributed by atoms with Gasteiger partial charge in [-0.2, -0.15) is 0 Å². The molecule has 0 aromatic heterocycles. The molecule has 0 saturated carbocycles. The lowest BCUT2D eigenvalue weighted by Crippen LogP contribution is -2.45. The van der Waals surface area contributed by atoms with Crippen molar-refractivity contribution < 1.29 is 13.2 Å². The third kappa shape index (κ3) is 4.45. The Bertz CT molecular complexity index is 373. The van der Waals surface area contributed by atoms with Crippen LogP contribution in [0, 0.1) is 0 Å². The van der Waals surface area contributed by atoms with Gasteiger partial charge < -0.3 is 5.32 Å². The first-order valence-electron chi connectivity index (χ1n) is 5.55. The van der Waals surface area contributed by atoms with Crippen LogP contribution in [0.1, 0.15) is 26.2 Å². The number of carbonyl (C=O) groups excluding carboxylic acids is 1. The van der Waals surface area contributed by atoms with Crippen molar-refractivity contribution in [1.29, 1.82) is 0 Å². The summed E-state index contributed by atoms with van der Waals surface area (Å²) in [4.78, 5) is 11.6. The van der Waals surface area contributed by atoms with Crippen molar-refractivity contribution in [3.05, 3.63) is 12.2 Å². The molecule has 0 spiro atoms. The molecule has 0 radical (unpaired) electrons. The number of rotatable bonds is 5. The second-order valence-corrected chi connectivity index (χ2v) is 6.52. The summed E-state index contributed by atoms with van der Waals surface area (Å²) in [6.07, 6.45) is 1.45. The lowest BCUT2D eigenvalue weighted by Gasteiger charge is -2.23. The van der Waals surface area contributed by atoms with Gasteiger partial charge in [0.2, 0.25) is 0 Å². The minimum atomic E-state index is -2.95. The minimum Gasteiger partial charge on any atom is -0.312 e. The smallest absolute Gasteiger partial charge is 0.153 e. The predicted octanol–water partition coefficient (Wildman–Crippen LogP) is 0.689. The number of Topliss-reactive ketones (excluding diaryl/α,β-unsaturated/α-hetero) is 1. The van der Waals surface area contributed by atoms with Crippen LogP contribution in [0.5, 0.6) is 0 Å². The number of hydrogen-bond acceptors (Lipinski definition) is 4. The van der Waals surface area contributed by atoms with Gasteiger partial charge in [0.1, 0.15) is 5.78 Å². The maximum absolute atomic E-state index is 11.6. The monoisotopic (exact) mass is 245 g/mol. The van der Waals surface area contributed by atoms with Gasteiger partial charge in [0.15, 0.2) is 9.84 Å². The average molecular weight is 245 g/mol. The van der Waals surface area contributed by atoms with Crippen LogP contribution in [0.2, 0.25) is 0 Å². The summed E-state index contributed by atoms with van der Waals surface area (Å²) in [6, 6.07) is -0.212. The van der Waals surface area contributed by atoms with Crippen molar-refractivity contribution in [3.8, 4) is 0 Å². The standard InChI is InChI=1S/C11H19NO3S/c1-3-9(2)6-11(13)7-10-8-16(14,15)5-4-12-10/h10,12H,2-8H2,1H3. The zero-order valence-corrected chi connectivity index (χ0v) is 10.5. The molecule has 16 heavy (non-hydrogen) atoms. The Labute approximate surface area is 97.0 Å². The molecule has 1 fully saturated rings. The van der Waals surface area contributed by atoms with Crippen molar-refractivity contribution in [1.82, 2.24) is 5.32 Å². The van der Waals surface area contributed by atoms with Crippen LogP contribution < -0.4 is 5.32 Å². The third-order valence-corrected chi connectivity index (χ3v) is 4.46. The highest BCUT2D eigenvalue weighted by Crippen LogP contribution is 2.10. The van der Waals surface area contributed by atoms with Crippen molar-refractivity contribution in [2.45, 2.75) is 32.2 Å². The molecule has 1 saturated heterocycles. The number of nitrogens with one attached hydrogen (secondary N) is 1. The van der Waals surface area contributed by atoms with Gasteiger partial charge in [-0.05, 0) is 6.42 Å². The Morgan fingerprint density at radius 1 is 1.50 bits per heavy atom. The van der Waals surface area contributed by atoms with Gasteiger partial charge in [-0.25, -0.2) is 8.42 Å². The molecule has 0 aromatic rings. The van der Waals surface area contributed by atoms with Crippen molar-refractivity contribution in [2.24, 2.45) is 0 Å². The quantitative estimate of drug-likeness (QED) is 0.724. The van der Waals surface area contributed by atoms with Crippen molar-refractivity contribution in [2.75, 3.05) is 18.1 Å². The molecule has 1 rings (SSSR count). The minimum absolute atomic E-state index is 0.0708. The SMILES string of the molecule is C=C(CC)CC(=O)CC1CS(=O)(=O)CCN1. The van der Waals surface area contributed by atoms with Gasteiger partial charge in [0, 0.05) is 25.4 Å². The second-order valence-electron chi connectivity index (χ2n) is 4.29. The van der Waals surface area contributed by atoms with Crippen LogP contribution in [0.4, 0.5) is 0 Å². The molecule has 92 valence electrons. The van der Waals surface area contributed by atoms with E-state index in [2.05, 4.69) is 11.9 Å². The van der Waals surface area contributed by atoms with Crippen molar-refractivity contribution in [3.63, 3.8) is 0 Å². The number of carbonyl (C=O) groups is 1. The summed E-state index contributed by atoms with van der Waals surface area (Å²) >= 11 is 0. The first-order valence-corrected chi connectivity index (χ1v) is 7.37. The van der Waals surface area contributed by atoms with Crippen LogP contribution in [0.15, 0.2) is 12.2 Å². The van der Waals surface area contributed by atoms with Crippen LogP contribution >= 0.6 is 0 Å². The summed E-state index contributed by atoms with van der Waals surface area (Å²) in [7, 11) is -2.95. The van der Waals surface area contributed by atoms with E-state index in [-0.39, 0.29) is 29.8 Å². The highest BCUT2D eigenvalue weighted by Gasteiger charge is 2.25. The Hall–Kier alpha value is -0.680. The molecule has 1 aliphatic rings. The van der Waals surface area contributed by atoms with E-state index in [0.29, 0.717) is 13.0 Å². The maximum Gasteiger partial charge on any atom is 0.153 e. The molecule has 1 atom stereocenters. The zero-order chi connectivity index (χ0) is 12.2. The number of allylic oxidation sites excluding steroid dienone is 1. The summed E-state index contributed by atoms with van der Waals surface area (Å²) in [6.45, 7) is 6.19. The highest BCUT2D eigenvalue weighted by atomic mass is 32.2. The fraction of sp³-hybridized carbons (Fsp3) is 0.727. The molecule has 5 heteroatoms. The van der Waals surface area contributed by atoms with Gasteiger partial charge in [-0.1, -0.05) is 19.1 Å². The first kappa shape index (κ1) is 13.4. The fourth-order valence-electron chi connectivity index (χ4n) is 1.75. The Kier molecular flexibility index (Phi) is 4.68. The van der Waals surface area contributed by atoms with E-state index in [1.54, 1.807) is 0 Å². The van der Waals surface area contributed by atoms with Gasteiger partial charge in [-0.15, -0.1) is 0 Å². The van der Waals surface area contributed by atoms with Crippen LogP contribution in [-0.4, -0.2) is 38.3 Å². The highest BCUT2D eigenvalue weighted by molar-refractivity contribution is 7.91. The van der Waals surface area contributed by atoms with Gasteiger partial charge in [0.05, 0.1) is 11.5 Å². The molecule has 4 nitrogen and oxygen atoms in total. The van der Waals surface area contributed by atoms with E-state index in [0.717, 1.165) is 12.0 Å². The maximum atomic E-state index is 11.6. The van der Waals surface area contributed by atoms with E-state index in [1.807, 2.05) is 6.92 Å². The largest absolute Gasteiger partial charge is 0.312 e.